The smallest absolute Gasteiger partial charge is 0.145 e. The molecule has 0 saturated heterocycles. The van der Waals surface area contributed by atoms with Crippen LogP contribution >= 0.6 is 0 Å². The van der Waals surface area contributed by atoms with Gasteiger partial charge in [-0.05, 0) is 23.8 Å². The van der Waals surface area contributed by atoms with Gasteiger partial charge in [-0.25, -0.2) is 4.98 Å². The van der Waals surface area contributed by atoms with Crippen molar-refractivity contribution in [3.05, 3.63) is 78.6 Å². The zero-order valence-electron chi connectivity index (χ0n) is 11.2. The third-order valence-corrected chi connectivity index (χ3v) is 3.05. The van der Waals surface area contributed by atoms with E-state index in [0.717, 1.165) is 16.9 Å². The Kier molecular flexibility index (Phi) is 3.62. The maximum atomic E-state index is 8.76. The molecule has 21 heavy (non-hydrogen) atoms. The number of pyridine rings is 1. The van der Waals surface area contributed by atoms with Crippen LogP contribution in [0.5, 0.6) is 11.5 Å². The number of aromatic nitrogens is 1. The van der Waals surface area contributed by atoms with Crippen LogP contribution in [0.1, 0.15) is 5.69 Å². The lowest BCUT2D eigenvalue weighted by atomic mass is 10.1. The van der Waals surface area contributed by atoms with Gasteiger partial charge >= 0.3 is 0 Å². The molecule has 0 N–H and O–H groups in total. The minimum atomic E-state index is 0.374. The van der Waals surface area contributed by atoms with Gasteiger partial charge < -0.3 is 4.74 Å². The molecular weight excluding hydrogens is 260 g/mol. The van der Waals surface area contributed by atoms with Gasteiger partial charge in [-0.1, -0.05) is 48.5 Å². The molecule has 1 aromatic heterocycles. The Hall–Kier alpha value is -3.12. The molecule has 0 aliphatic heterocycles. The van der Waals surface area contributed by atoms with Gasteiger partial charge in [0, 0.05) is 5.56 Å². The van der Waals surface area contributed by atoms with Crippen molar-refractivity contribution in [1.82, 2.24) is 4.98 Å². The molecule has 0 amide bonds. The summed E-state index contributed by atoms with van der Waals surface area (Å²) in [6, 6.07) is 23.3. The fraction of sp³-hybridized carbons (Fsp3) is 0. The second kappa shape index (κ2) is 5.89. The second-order valence-corrected chi connectivity index (χ2v) is 4.46. The SMILES string of the molecule is N#Cc1ccc(Oc2ccccc2-c2ccccc2)cn1. The lowest BCUT2D eigenvalue weighted by molar-refractivity contribution is 0.482. The van der Waals surface area contributed by atoms with Gasteiger partial charge in [-0.2, -0.15) is 5.26 Å². The molecule has 0 atom stereocenters. The Balaban J connectivity index is 1.94. The molecule has 1 heterocycles. The first-order chi connectivity index (χ1) is 10.4. The fourth-order valence-corrected chi connectivity index (χ4v) is 2.05. The molecule has 0 fully saturated rings. The van der Waals surface area contributed by atoms with Crippen molar-refractivity contribution >= 4 is 0 Å². The van der Waals surface area contributed by atoms with E-state index in [1.807, 2.05) is 60.7 Å². The molecule has 0 radical (unpaired) electrons. The lowest BCUT2D eigenvalue weighted by Crippen LogP contribution is -1.90. The summed E-state index contributed by atoms with van der Waals surface area (Å²) in [7, 11) is 0. The summed E-state index contributed by atoms with van der Waals surface area (Å²) >= 11 is 0. The number of nitriles is 1. The molecule has 3 nitrogen and oxygen atoms in total. The predicted molar refractivity (Wildman–Crippen MR) is 80.9 cm³/mol. The van der Waals surface area contributed by atoms with Crippen LogP contribution in [0.4, 0.5) is 0 Å². The largest absolute Gasteiger partial charge is 0.455 e. The average Bonchev–Trinajstić information content (AvgIpc) is 2.57. The maximum Gasteiger partial charge on any atom is 0.145 e. The van der Waals surface area contributed by atoms with E-state index in [4.69, 9.17) is 10.00 Å². The number of para-hydroxylation sites is 1. The van der Waals surface area contributed by atoms with Crippen molar-refractivity contribution in [2.45, 2.75) is 0 Å². The number of hydrogen-bond acceptors (Lipinski definition) is 3. The van der Waals surface area contributed by atoms with Crippen LogP contribution in [0.25, 0.3) is 11.1 Å². The molecule has 0 bridgehead atoms. The molecule has 3 aromatic rings. The van der Waals surface area contributed by atoms with E-state index in [0.29, 0.717) is 11.4 Å². The molecule has 0 unspecified atom stereocenters. The summed E-state index contributed by atoms with van der Waals surface area (Å²) in [6.07, 6.45) is 1.56. The van der Waals surface area contributed by atoms with E-state index >= 15 is 0 Å². The zero-order chi connectivity index (χ0) is 14.5. The Morgan fingerprint density at radius 2 is 1.62 bits per heavy atom. The Bertz CT molecular complexity index is 774. The van der Waals surface area contributed by atoms with E-state index in [-0.39, 0.29) is 0 Å². The number of hydrogen-bond donors (Lipinski definition) is 0. The number of benzene rings is 2. The van der Waals surface area contributed by atoms with Gasteiger partial charge in [0.1, 0.15) is 23.3 Å². The quantitative estimate of drug-likeness (QED) is 0.709. The van der Waals surface area contributed by atoms with Gasteiger partial charge in [0.05, 0.1) is 6.20 Å². The van der Waals surface area contributed by atoms with Crippen LogP contribution < -0.4 is 4.74 Å². The Labute approximate surface area is 123 Å². The highest BCUT2D eigenvalue weighted by Gasteiger charge is 2.06. The van der Waals surface area contributed by atoms with Crippen LogP contribution in [0.3, 0.4) is 0 Å². The summed E-state index contributed by atoms with van der Waals surface area (Å²) in [6.45, 7) is 0. The molecule has 0 aliphatic rings. The molecule has 0 saturated carbocycles. The number of ether oxygens (including phenoxy) is 1. The first kappa shape index (κ1) is 12.9. The minimum absolute atomic E-state index is 0.374. The summed E-state index contributed by atoms with van der Waals surface area (Å²) in [5.74, 6) is 1.37. The highest BCUT2D eigenvalue weighted by molar-refractivity contribution is 5.70. The van der Waals surface area contributed by atoms with Crippen molar-refractivity contribution in [2.75, 3.05) is 0 Å². The Morgan fingerprint density at radius 3 is 2.33 bits per heavy atom. The fourth-order valence-electron chi connectivity index (χ4n) is 2.05. The van der Waals surface area contributed by atoms with E-state index in [1.54, 1.807) is 18.3 Å². The van der Waals surface area contributed by atoms with Crippen molar-refractivity contribution in [2.24, 2.45) is 0 Å². The summed E-state index contributed by atoms with van der Waals surface area (Å²) < 4.78 is 5.89. The molecule has 0 spiro atoms. The van der Waals surface area contributed by atoms with Gasteiger partial charge in [0.25, 0.3) is 0 Å². The highest BCUT2D eigenvalue weighted by Crippen LogP contribution is 2.32. The van der Waals surface area contributed by atoms with E-state index in [9.17, 15) is 0 Å². The molecule has 2 aromatic carbocycles. The van der Waals surface area contributed by atoms with Gasteiger partial charge in [0.15, 0.2) is 0 Å². The highest BCUT2D eigenvalue weighted by atomic mass is 16.5. The van der Waals surface area contributed by atoms with Crippen molar-refractivity contribution < 1.29 is 4.74 Å². The molecule has 0 aliphatic carbocycles. The minimum Gasteiger partial charge on any atom is -0.455 e. The summed E-state index contributed by atoms with van der Waals surface area (Å²) in [5, 5.41) is 8.76. The van der Waals surface area contributed by atoms with E-state index in [1.165, 1.54) is 0 Å². The molecule has 3 heteroatoms. The van der Waals surface area contributed by atoms with Gasteiger partial charge in [0.2, 0.25) is 0 Å². The van der Waals surface area contributed by atoms with Gasteiger partial charge in [-0.3, -0.25) is 0 Å². The third kappa shape index (κ3) is 2.90. The van der Waals surface area contributed by atoms with Crippen LogP contribution in [0.15, 0.2) is 72.9 Å². The molecular formula is C18H12N2O. The van der Waals surface area contributed by atoms with Crippen LogP contribution in [-0.2, 0) is 0 Å². The lowest BCUT2D eigenvalue weighted by Gasteiger charge is -2.11. The molecule has 3 rings (SSSR count). The van der Waals surface area contributed by atoms with Crippen LogP contribution in [0, 0.1) is 11.3 Å². The third-order valence-electron chi connectivity index (χ3n) is 3.05. The van der Waals surface area contributed by atoms with Crippen LogP contribution in [-0.4, -0.2) is 4.98 Å². The normalized spacial score (nSPS) is 9.86. The standard InChI is InChI=1S/C18H12N2O/c19-12-15-10-11-16(13-20-15)21-18-9-5-4-8-17(18)14-6-2-1-3-7-14/h1-11,13H. The van der Waals surface area contributed by atoms with E-state index in [2.05, 4.69) is 4.98 Å². The van der Waals surface area contributed by atoms with E-state index < -0.39 is 0 Å². The predicted octanol–water partition coefficient (Wildman–Crippen LogP) is 4.41. The van der Waals surface area contributed by atoms with Crippen molar-refractivity contribution in [3.63, 3.8) is 0 Å². The molecule has 100 valence electrons. The first-order valence-corrected chi connectivity index (χ1v) is 6.55. The van der Waals surface area contributed by atoms with Crippen LogP contribution in [0.2, 0.25) is 0 Å². The van der Waals surface area contributed by atoms with Gasteiger partial charge in [-0.15, -0.1) is 0 Å². The topological polar surface area (TPSA) is 45.9 Å². The second-order valence-electron chi connectivity index (χ2n) is 4.46. The first-order valence-electron chi connectivity index (χ1n) is 6.55. The monoisotopic (exact) mass is 272 g/mol. The van der Waals surface area contributed by atoms with Crippen molar-refractivity contribution in [3.8, 4) is 28.7 Å². The number of nitrogens with zero attached hydrogens (tertiary/aromatic N) is 2. The zero-order valence-corrected chi connectivity index (χ0v) is 11.2. The average molecular weight is 272 g/mol. The number of rotatable bonds is 3. The maximum absolute atomic E-state index is 8.76. The summed E-state index contributed by atoms with van der Waals surface area (Å²) in [4.78, 5) is 4.01. The van der Waals surface area contributed by atoms with Crippen molar-refractivity contribution in [1.29, 1.82) is 5.26 Å². The Morgan fingerprint density at radius 1 is 0.857 bits per heavy atom. The summed E-state index contributed by atoms with van der Waals surface area (Å²) in [5.41, 5.74) is 2.48.